The van der Waals surface area contributed by atoms with Gasteiger partial charge in [-0.15, -0.1) is 0 Å². The SMILES string of the molecule is COCCN(CCC(=N)N)Cc1ncc(C)c(OC)c1C. The number of aryl methyl sites for hydroxylation is 1. The van der Waals surface area contributed by atoms with E-state index in [1.165, 1.54) is 0 Å². The van der Waals surface area contributed by atoms with Crippen LogP contribution < -0.4 is 10.5 Å². The van der Waals surface area contributed by atoms with Crippen molar-refractivity contribution in [1.29, 1.82) is 5.41 Å². The van der Waals surface area contributed by atoms with Gasteiger partial charge >= 0.3 is 0 Å². The monoisotopic (exact) mass is 294 g/mol. The van der Waals surface area contributed by atoms with Crippen molar-refractivity contribution in [3.63, 3.8) is 0 Å². The van der Waals surface area contributed by atoms with Crippen LogP contribution in [0.2, 0.25) is 0 Å². The van der Waals surface area contributed by atoms with Crippen LogP contribution in [-0.4, -0.2) is 49.6 Å². The highest BCUT2D eigenvalue weighted by Gasteiger charge is 2.13. The number of methoxy groups -OCH3 is 2. The molecular weight excluding hydrogens is 268 g/mol. The van der Waals surface area contributed by atoms with Gasteiger partial charge in [-0.3, -0.25) is 15.3 Å². The quantitative estimate of drug-likeness (QED) is 0.532. The molecule has 3 N–H and O–H groups in total. The summed E-state index contributed by atoms with van der Waals surface area (Å²) >= 11 is 0. The molecule has 0 radical (unpaired) electrons. The van der Waals surface area contributed by atoms with Gasteiger partial charge in [-0.1, -0.05) is 0 Å². The highest BCUT2D eigenvalue weighted by Crippen LogP contribution is 2.24. The van der Waals surface area contributed by atoms with E-state index >= 15 is 0 Å². The topological polar surface area (TPSA) is 84.5 Å². The van der Waals surface area contributed by atoms with Crippen molar-refractivity contribution in [2.75, 3.05) is 33.9 Å². The van der Waals surface area contributed by atoms with Gasteiger partial charge in [-0.25, -0.2) is 0 Å². The maximum Gasteiger partial charge on any atom is 0.128 e. The first kappa shape index (κ1) is 17.4. The fourth-order valence-electron chi connectivity index (χ4n) is 2.21. The number of pyridine rings is 1. The van der Waals surface area contributed by atoms with Crippen LogP contribution in [-0.2, 0) is 11.3 Å². The number of hydrogen-bond acceptors (Lipinski definition) is 5. The molecule has 0 atom stereocenters. The van der Waals surface area contributed by atoms with E-state index in [0.29, 0.717) is 19.6 Å². The standard InChI is InChI=1S/C15H26N4O2/c1-11-9-18-13(12(2)15(11)21-4)10-19(7-8-20-3)6-5-14(16)17/h9H,5-8,10H2,1-4H3,(H3,16,17). The lowest BCUT2D eigenvalue weighted by molar-refractivity contribution is 0.145. The molecule has 0 unspecified atom stereocenters. The van der Waals surface area contributed by atoms with E-state index in [9.17, 15) is 0 Å². The molecule has 21 heavy (non-hydrogen) atoms. The van der Waals surface area contributed by atoms with Gasteiger partial charge in [0.1, 0.15) is 5.75 Å². The molecule has 0 aromatic carbocycles. The highest BCUT2D eigenvalue weighted by molar-refractivity contribution is 5.76. The molecule has 1 aromatic rings. The summed E-state index contributed by atoms with van der Waals surface area (Å²) in [4.78, 5) is 6.70. The zero-order chi connectivity index (χ0) is 15.8. The molecule has 6 heteroatoms. The summed E-state index contributed by atoms with van der Waals surface area (Å²) in [7, 11) is 3.36. The fourth-order valence-corrected chi connectivity index (χ4v) is 2.21. The van der Waals surface area contributed by atoms with Crippen molar-refractivity contribution in [2.24, 2.45) is 5.73 Å². The maximum atomic E-state index is 7.36. The summed E-state index contributed by atoms with van der Waals surface area (Å²) < 4.78 is 10.6. The summed E-state index contributed by atoms with van der Waals surface area (Å²) in [5.74, 6) is 1.09. The Balaban J connectivity index is 2.84. The Labute approximate surface area is 126 Å². The lowest BCUT2D eigenvalue weighted by Gasteiger charge is -2.23. The Morgan fingerprint density at radius 1 is 1.33 bits per heavy atom. The molecule has 0 fully saturated rings. The van der Waals surface area contributed by atoms with E-state index in [1.807, 2.05) is 20.0 Å². The predicted molar refractivity (Wildman–Crippen MR) is 83.9 cm³/mol. The van der Waals surface area contributed by atoms with Gasteiger partial charge in [0, 0.05) is 50.5 Å². The third kappa shape index (κ3) is 5.32. The number of rotatable bonds is 9. The van der Waals surface area contributed by atoms with Crippen LogP contribution in [0.25, 0.3) is 0 Å². The van der Waals surface area contributed by atoms with Crippen molar-refractivity contribution >= 4 is 5.84 Å². The largest absolute Gasteiger partial charge is 0.496 e. The van der Waals surface area contributed by atoms with E-state index in [2.05, 4.69) is 9.88 Å². The van der Waals surface area contributed by atoms with Crippen LogP contribution in [0.4, 0.5) is 0 Å². The van der Waals surface area contributed by atoms with Gasteiger partial charge in [-0.05, 0) is 13.8 Å². The second-order valence-corrected chi connectivity index (χ2v) is 5.09. The Morgan fingerprint density at radius 3 is 2.62 bits per heavy atom. The van der Waals surface area contributed by atoms with Crippen LogP contribution in [0.3, 0.4) is 0 Å². The van der Waals surface area contributed by atoms with Crippen LogP contribution >= 0.6 is 0 Å². The molecule has 0 aliphatic rings. The van der Waals surface area contributed by atoms with Crippen LogP contribution in [0.5, 0.6) is 5.75 Å². The number of hydrogen-bond donors (Lipinski definition) is 2. The molecular formula is C15H26N4O2. The molecule has 0 saturated carbocycles. The number of ether oxygens (including phenoxy) is 2. The number of nitrogens with one attached hydrogen (secondary N) is 1. The number of amidine groups is 1. The van der Waals surface area contributed by atoms with Crippen molar-refractivity contribution in [3.05, 3.63) is 23.0 Å². The van der Waals surface area contributed by atoms with E-state index in [4.69, 9.17) is 20.6 Å². The van der Waals surface area contributed by atoms with Gasteiger partial charge in [-0.2, -0.15) is 0 Å². The minimum Gasteiger partial charge on any atom is -0.496 e. The number of nitrogens with zero attached hydrogens (tertiary/aromatic N) is 2. The summed E-state index contributed by atoms with van der Waals surface area (Å²) in [6.07, 6.45) is 2.38. The Morgan fingerprint density at radius 2 is 2.05 bits per heavy atom. The van der Waals surface area contributed by atoms with Crippen molar-refractivity contribution in [2.45, 2.75) is 26.8 Å². The number of nitrogens with two attached hydrogens (primary N) is 1. The first-order chi connectivity index (χ1) is 9.99. The summed E-state index contributed by atoms with van der Waals surface area (Å²) in [5.41, 5.74) is 8.52. The fraction of sp³-hybridized carbons (Fsp3) is 0.600. The zero-order valence-electron chi connectivity index (χ0n) is 13.4. The molecule has 1 aromatic heterocycles. The van der Waals surface area contributed by atoms with Crippen LogP contribution in [0, 0.1) is 19.3 Å². The molecule has 1 rings (SSSR count). The third-order valence-electron chi connectivity index (χ3n) is 3.43. The van der Waals surface area contributed by atoms with Gasteiger partial charge in [0.25, 0.3) is 0 Å². The Hall–Kier alpha value is -1.66. The molecule has 0 saturated heterocycles. The Bertz CT molecular complexity index is 477. The lowest BCUT2D eigenvalue weighted by Crippen LogP contribution is -2.31. The summed E-state index contributed by atoms with van der Waals surface area (Å²) in [6.45, 7) is 6.84. The maximum absolute atomic E-state index is 7.36. The zero-order valence-corrected chi connectivity index (χ0v) is 13.4. The van der Waals surface area contributed by atoms with Gasteiger partial charge < -0.3 is 15.2 Å². The Kier molecular flexibility index (Phi) is 7.11. The van der Waals surface area contributed by atoms with E-state index < -0.39 is 0 Å². The van der Waals surface area contributed by atoms with Gasteiger partial charge in [0.15, 0.2) is 0 Å². The van der Waals surface area contributed by atoms with Crippen molar-refractivity contribution in [1.82, 2.24) is 9.88 Å². The molecule has 0 spiro atoms. The predicted octanol–water partition coefficient (Wildman–Crippen LogP) is 1.48. The highest BCUT2D eigenvalue weighted by atomic mass is 16.5. The second-order valence-electron chi connectivity index (χ2n) is 5.09. The van der Waals surface area contributed by atoms with E-state index in [0.717, 1.165) is 35.7 Å². The lowest BCUT2D eigenvalue weighted by atomic mass is 10.1. The molecule has 0 aliphatic heterocycles. The molecule has 0 bridgehead atoms. The summed E-state index contributed by atoms with van der Waals surface area (Å²) in [6, 6.07) is 0. The van der Waals surface area contributed by atoms with Crippen LogP contribution in [0.1, 0.15) is 23.2 Å². The molecule has 118 valence electrons. The first-order valence-corrected chi connectivity index (χ1v) is 7.02. The van der Waals surface area contributed by atoms with E-state index in [1.54, 1.807) is 14.2 Å². The van der Waals surface area contributed by atoms with Gasteiger partial charge in [0.2, 0.25) is 0 Å². The number of aromatic nitrogens is 1. The average Bonchev–Trinajstić information content (AvgIpc) is 2.44. The molecule has 0 amide bonds. The van der Waals surface area contributed by atoms with Crippen molar-refractivity contribution < 1.29 is 9.47 Å². The average molecular weight is 294 g/mol. The van der Waals surface area contributed by atoms with E-state index in [-0.39, 0.29) is 5.84 Å². The van der Waals surface area contributed by atoms with Crippen LogP contribution in [0.15, 0.2) is 6.20 Å². The second kappa shape index (κ2) is 8.59. The smallest absolute Gasteiger partial charge is 0.128 e. The van der Waals surface area contributed by atoms with Crippen molar-refractivity contribution in [3.8, 4) is 5.75 Å². The molecule has 0 aliphatic carbocycles. The summed E-state index contributed by atoms with van der Waals surface area (Å²) in [5, 5.41) is 7.36. The normalized spacial score (nSPS) is 10.9. The third-order valence-corrected chi connectivity index (χ3v) is 3.43. The minimum atomic E-state index is 0.198. The first-order valence-electron chi connectivity index (χ1n) is 7.02. The molecule has 1 heterocycles. The minimum absolute atomic E-state index is 0.198. The molecule has 6 nitrogen and oxygen atoms in total. The van der Waals surface area contributed by atoms with Gasteiger partial charge in [0.05, 0.1) is 25.2 Å².